The van der Waals surface area contributed by atoms with Gasteiger partial charge in [0.05, 0.1) is 0 Å². The van der Waals surface area contributed by atoms with Crippen LogP contribution in [0.4, 0.5) is 5.82 Å². The number of nitrogens with one attached hydrogen (secondary N) is 2. The Labute approximate surface area is 124 Å². The van der Waals surface area contributed by atoms with Gasteiger partial charge in [-0.25, -0.2) is 9.97 Å². The van der Waals surface area contributed by atoms with Gasteiger partial charge in [-0.3, -0.25) is 4.79 Å². The Morgan fingerprint density at radius 2 is 1.90 bits per heavy atom. The van der Waals surface area contributed by atoms with Gasteiger partial charge in [-0.2, -0.15) is 0 Å². The van der Waals surface area contributed by atoms with Crippen molar-refractivity contribution in [1.29, 1.82) is 0 Å². The molecule has 2 rings (SSSR count). The number of rotatable bonds is 6. The number of benzene rings is 1. The molecule has 0 bridgehead atoms. The van der Waals surface area contributed by atoms with Crippen LogP contribution in [0.1, 0.15) is 23.5 Å². The Hall–Kier alpha value is -2.43. The fourth-order valence-electron chi connectivity index (χ4n) is 2.00. The minimum atomic E-state index is 0.0221. The van der Waals surface area contributed by atoms with Crippen molar-refractivity contribution < 1.29 is 4.79 Å². The monoisotopic (exact) mass is 284 g/mol. The molecule has 0 atom stereocenters. The lowest BCUT2D eigenvalue weighted by Gasteiger charge is -2.08. The number of carbonyl (C=O) groups excluding carboxylic acids is 1. The minimum absolute atomic E-state index is 0.0221. The number of hydrogen-bond donors (Lipinski definition) is 2. The number of amides is 1. The topological polar surface area (TPSA) is 66.9 Å². The lowest BCUT2D eigenvalue weighted by molar-refractivity contribution is -0.121. The van der Waals surface area contributed by atoms with Crippen molar-refractivity contribution in [3.8, 4) is 0 Å². The molecule has 0 spiro atoms. The number of aryl methyl sites for hydroxylation is 2. The van der Waals surface area contributed by atoms with E-state index in [9.17, 15) is 4.79 Å². The van der Waals surface area contributed by atoms with Crippen LogP contribution < -0.4 is 10.6 Å². The first-order chi connectivity index (χ1) is 10.1. The Balaban J connectivity index is 1.72. The third-order valence-corrected chi connectivity index (χ3v) is 2.96. The molecule has 0 unspecified atom stereocenters. The van der Waals surface area contributed by atoms with Crippen LogP contribution in [0.25, 0.3) is 0 Å². The van der Waals surface area contributed by atoms with Crippen LogP contribution in [0.3, 0.4) is 0 Å². The first-order valence-corrected chi connectivity index (χ1v) is 7.00. The molecular weight excluding hydrogens is 264 g/mol. The van der Waals surface area contributed by atoms with Gasteiger partial charge in [-0.1, -0.05) is 30.3 Å². The average molecular weight is 284 g/mol. The molecule has 1 aromatic carbocycles. The fraction of sp³-hybridized carbons (Fsp3) is 0.312. The molecule has 2 aromatic rings. The van der Waals surface area contributed by atoms with Crippen molar-refractivity contribution in [1.82, 2.24) is 15.3 Å². The summed E-state index contributed by atoms with van der Waals surface area (Å²) in [5.74, 6) is 1.51. The first kappa shape index (κ1) is 15.0. The molecule has 0 aliphatic heterocycles. The fourth-order valence-corrected chi connectivity index (χ4v) is 2.00. The van der Waals surface area contributed by atoms with Crippen molar-refractivity contribution in [3.63, 3.8) is 0 Å². The molecular formula is C16H20N4O. The number of carbonyl (C=O) groups is 1. The van der Waals surface area contributed by atoms with E-state index < -0.39 is 0 Å². The van der Waals surface area contributed by atoms with Gasteiger partial charge in [0.15, 0.2) is 0 Å². The summed E-state index contributed by atoms with van der Waals surface area (Å²) in [5, 5.41) is 6.04. The largest absolute Gasteiger partial charge is 0.369 e. The Morgan fingerprint density at radius 3 is 2.62 bits per heavy atom. The highest BCUT2D eigenvalue weighted by atomic mass is 16.1. The van der Waals surface area contributed by atoms with Gasteiger partial charge in [-0.05, 0) is 19.4 Å². The Kier molecular flexibility index (Phi) is 5.26. The van der Waals surface area contributed by atoms with Crippen molar-refractivity contribution in [2.24, 2.45) is 0 Å². The van der Waals surface area contributed by atoms with Gasteiger partial charge in [-0.15, -0.1) is 0 Å². The maximum Gasteiger partial charge on any atom is 0.222 e. The standard InChI is InChI=1S/C16H20N4O/c1-12-10-15(20-13(2)19-12)17-9-8-16(21)18-11-14-6-4-3-5-7-14/h3-7,10H,8-9,11H2,1-2H3,(H,18,21)(H,17,19,20). The van der Waals surface area contributed by atoms with Crippen molar-refractivity contribution in [2.45, 2.75) is 26.8 Å². The molecule has 0 fully saturated rings. The van der Waals surface area contributed by atoms with Gasteiger partial charge < -0.3 is 10.6 Å². The Morgan fingerprint density at radius 1 is 1.14 bits per heavy atom. The van der Waals surface area contributed by atoms with E-state index in [4.69, 9.17) is 0 Å². The number of aromatic nitrogens is 2. The van der Waals surface area contributed by atoms with Gasteiger partial charge in [0.25, 0.3) is 0 Å². The van der Waals surface area contributed by atoms with Crippen LogP contribution in [-0.4, -0.2) is 22.4 Å². The second-order valence-corrected chi connectivity index (χ2v) is 4.88. The predicted molar refractivity (Wildman–Crippen MR) is 82.9 cm³/mol. The van der Waals surface area contributed by atoms with Crippen LogP contribution in [0, 0.1) is 13.8 Å². The van der Waals surface area contributed by atoms with Crippen LogP contribution >= 0.6 is 0 Å². The number of nitrogens with zero attached hydrogens (tertiary/aromatic N) is 2. The normalized spacial score (nSPS) is 10.2. The smallest absolute Gasteiger partial charge is 0.222 e. The third-order valence-electron chi connectivity index (χ3n) is 2.96. The van der Waals surface area contributed by atoms with E-state index in [2.05, 4.69) is 20.6 Å². The summed E-state index contributed by atoms with van der Waals surface area (Å²) < 4.78 is 0. The van der Waals surface area contributed by atoms with Crippen molar-refractivity contribution in [2.75, 3.05) is 11.9 Å². The lowest BCUT2D eigenvalue weighted by Crippen LogP contribution is -2.25. The van der Waals surface area contributed by atoms with E-state index in [0.29, 0.717) is 19.5 Å². The van der Waals surface area contributed by atoms with E-state index in [1.54, 1.807) is 0 Å². The van der Waals surface area contributed by atoms with Crippen LogP contribution in [0.2, 0.25) is 0 Å². The van der Waals surface area contributed by atoms with Gasteiger partial charge in [0.2, 0.25) is 5.91 Å². The van der Waals surface area contributed by atoms with E-state index in [0.717, 1.165) is 22.9 Å². The summed E-state index contributed by atoms with van der Waals surface area (Å²) in [6, 6.07) is 11.7. The Bertz CT molecular complexity index is 578. The molecule has 0 aliphatic rings. The summed E-state index contributed by atoms with van der Waals surface area (Å²) in [7, 11) is 0. The summed E-state index contributed by atoms with van der Waals surface area (Å²) in [6.07, 6.45) is 0.412. The highest BCUT2D eigenvalue weighted by Crippen LogP contribution is 2.05. The van der Waals surface area contributed by atoms with Crippen LogP contribution in [0.5, 0.6) is 0 Å². The maximum absolute atomic E-state index is 11.8. The zero-order chi connectivity index (χ0) is 15.1. The molecule has 0 saturated carbocycles. The second kappa shape index (κ2) is 7.38. The van der Waals surface area contributed by atoms with E-state index in [1.807, 2.05) is 50.2 Å². The molecule has 21 heavy (non-hydrogen) atoms. The third kappa shape index (κ3) is 5.22. The van der Waals surface area contributed by atoms with Crippen molar-refractivity contribution in [3.05, 3.63) is 53.5 Å². The lowest BCUT2D eigenvalue weighted by atomic mass is 10.2. The summed E-state index contributed by atoms with van der Waals surface area (Å²) in [4.78, 5) is 20.2. The van der Waals surface area contributed by atoms with Gasteiger partial charge in [0, 0.05) is 31.3 Å². The predicted octanol–water partition coefficient (Wildman–Crippen LogP) is 2.21. The van der Waals surface area contributed by atoms with E-state index in [-0.39, 0.29) is 5.91 Å². The number of hydrogen-bond acceptors (Lipinski definition) is 4. The van der Waals surface area contributed by atoms with Crippen LogP contribution in [0.15, 0.2) is 36.4 Å². The molecule has 0 saturated heterocycles. The van der Waals surface area contributed by atoms with E-state index in [1.165, 1.54) is 0 Å². The van der Waals surface area contributed by atoms with Crippen molar-refractivity contribution >= 4 is 11.7 Å². The molecule has 110 valence electrons. The molecule has 0 radical (unpaired) electrons. The zero-order valence-electron chi connectivity index (χ0n) is 12.4. The SMILES string of the molecule is Cc1cc(NCCC(=O)NCc2ccccc2)nc(C)n1. The van der Waals surface area contributed by atoms with Crippen LogP contribution in [-0.2, 0) is 11.3 Å². The average Bonchev–Trinajstić information content (AvgIpc) is 2.45. The summed E-state index contributed by atoms with van der Waals surface area (Å²) in [6.45, 7) is 4.89. The molecule has 2 N–H and O–H groups in total. The minimum Gasteiger partial charge on any atom is -0.369 e. The highest BCUT2D eigenvalue weighted by Gasteiger charge is 2.02. The quantitative estimate of drug-likeness (QED) is 0.853. The summed E-state index contributed by atoms with van der Waals surface area (Å²) >= 11 is 0. The summed E-state index contributed by atoms with van der Waals surface area (Å²) in [5.41, 5.74) is 2.01. The number of anilines is 1. The van der Waals surface area contributed by atoms with Gasteiger partial charge >= 0.3 is 0 Å². The second-order valence-electron chi connectivity index (χ2n) is 4.88. The highest BCUT2D eigenvalue weighted by molar-refractivity contribution is 5.76. The molecule has 5 heteroatoms. The maximum atomic E-state index is 11.8. The molecule has 1 heterocycles. The first-order valence-electron chi connectivity index (χ1n) is 7.00. The molecule has 0 aliphatic carbocycles. The van der Waals surface area contributed by atoms with E-state index >= 15 is 0 Å². The zero-order valence-corrected chi connectivity index (χ0v) is 12.4. The molecule has 1 amide bonds. The molecule has 1 aromatic heterocycles. The molecule has 5 nitrogen and oxygen atoms in total. The van der Waals surface area contributed by atoms with Gasteiger partial charge in [0.1, 0.15) is 11.6 Å².